The summed E-state index contributed by atoms with van der Waals surface area (Å²) < 4.78 is 55.0. The molecule has 4 aromatic rings. The maximum Gasteiger partial charge on any atom is 0.419 e. The van der Waals surface area contributed by atoms with Crippen LogP contribution in [0.1, 0.15) is 72.4 Å². The number of nitrogens with zero attached hydrogens (tertiary/aromatic N) is 2. The van der Waals surface area contributed by atoms with E-state index in [0.717, 1.165) is 52.3 Å². The number of halogens is 4. The van der Waals surface area contributed by atoms with E-state index in [1.807, 2.05) is 42.5 Å². The summed E-state index contributed by atoms with van der Waals surface area (Å²) in [6, 6.07) is 14.2. The number of benzene rings is 2. The molecule has 0 spiro atoms. The number of carbonyl (C=O) groups excluding carboxylic acids is 2. The summed E-state index contributed by atoms with van der Waals surface area (Å²) in [5.74, 6) is 0.509. The monoisotopic (exact) mass is 791 g/mol. The third-order valence-electron chi connectivity index (χ3n) is 10.7. The van der Waals surface area contributed by atoms with Gasteiger partial charge >= 0.3 is 6.18 Å². The van der Waals surface area contributed by atoms with Crippen molar-refractivity contribution in [2.45, 2.75) is 82.3 Å². The quantitative estimate of drug-likeness (QED) is 0.0942. The Balaban J connectivity index is 1.12. The van der Waals surface area contributed by atoms with Gasteiger partial charge in [0.05, 0.1) is 36.5 Å². The van der Waals surface area contributed by atoms with Gasteiger partial charge in [-0.3, -0.25) is 14.6 Å². The van der Waals surface area contributed by atoms with Crippen LogP contribution in [0.4, 0.5) is 19.0 Å². The number of amides is 2. The van der Waals surface area contributed by atoms with Crippen molar-refractivity contribution in [3.8, 4) is 34.0 Å². The average Bonchev–Trinajstić information content (AvgIpc) is 3.81. The Morgan fingerprint density at radius 3 is 2.21 bits per heavy atom. The number of alkyl halides is 3. The first-order valence-electron chi connectivity index (χ1n) is 18.9. The van der Waals surface area contributed by atoms with Crippen LogP contribution in [0.2, 0.25) is 5.02 Å². The van der Waals surface area contributed by atoms with Crippen LogP contribution in [0.25, 0.3) is 22.4 Å². The molecule has 2 aromatic heterocycles. The first-order valence-corrected chi connectivity index (χ1v) is 19.3. The van der Waals surface area contributed by atoms with Gasteiger partial charge < -0.3 is 36.1 Å². The zero-order valence-electron chi connectivity index (χ0n) is 31.2. The van der Waals surface area contributed by atoms with Crippen LogP contribution in [0.3, 0.4) is 0 Å². The van der Waals surface area contributed by atoms with E-state index < -0.39 is 17.8 Å². The molecule has 11 nitrogen and oxygen atoms in total. The number of hydrogen-bond donors (Lipinski definition) is 5. The molecule has 3 aliphatic rings. The zero-order chi connectivity index (χ0) is 39.4. The third kappa shape index (κ3) is 8.72. The molecule has 296 valence electrons. The highest BCUT2D eigenvalue weighted by atomic mass is 35.5. The van der Waals surface area contributed by atoms with Crippen molar-refractivity contribution in [3.05, 3.63) is 87.6 Å². The predicted octanol–water partition coefficient (Wildman–Crippen LogP) is 6.73. The molecule has 2 aromatic carbocycles. The van der Waals surface area contributed by atoms with E-state index in [1.54, 1.807) is 13.3 Å². The van der Waals surface area contributed by atoms with Gasteiger partial charge in [0.1, 0.15) is 11.6 Å². The molecule has 2 aliphatic heterocycles. The molecule has 0 saturated carbocycles. The van der Waals surface area contributed by atoms with Crippen LogP contribution in [0.5, 0.6) is 11.6 Å². The first-order chi connectivity index (χ1) is 27.0. The van der Waals surface area contributed by atoms with Gasteiger partial charge in [0.15, 0.2) is 0 Å². The molecule has 15 heteroatoms. The topological polar surface area (TPSA) is 139 Å². The Morgan fingerprint density at radius 1 is 0.857 bits per heavy atom. The van der Waals surface area contributed by atoms with Crippen LogP contribution in [0.15, 0.2) is 54.7 Å². The van der Waals surface area contributed by atoms with Crippen molar-refractivity contribution in [1.82, 2.24) is 31.2 Å². The Kier molecular flexibility index (Phi) is 12.0. The van der Waals surface area contributed by atoms with Crippen molar-refractivity contribution >= 4 is 29.2 Å². The molecule has 4 heterocycles. The molecule has 56 heavy (non-hydrogen) atoms. The highest BCUT2D eigenvalue weighted by Gasteiger charge is 2.37. The standard InChI is InChI=1S/C41H45ClF3N7O4/c1-55-34-18-23(9-10-24(34)19-46-21-26-11-13-35(53)49-26)38-37(42)31(15-16-48-38)29-5-3-7-30-28(29)6-4-8-33(30)51-39-32(41(43,44)45)17-25(40(52-39)56-2)20-47-22-27-12-14-36(54)50-27/h3,5,7,9-10,15-18,26-27,33,46-47H,4,6,8,11-14,19-22H2,1-2H3,(H,49,53)(H,50,54)(H,51,52)/t26?,27?,33-/m1/s1. The van der Waals surface area contributed by atoms with Crippen LogP contribution < -0.4 is 36.1 Å². The van der Waals surface area contributed by atoms with E-state index in [1.165, 1.54) is 7.11 Å². The SMILES string of the molecule is COc1cc(-c2nccc(-c3cccc4c3CCC[C@H]4Nc3nc(OC)c(CNCC4CCC(=O)N4)cc3C(F)(F)F)c2Cl)ccc1CNCC1CCC(=O)N1. The van der Waals surface area contributed by atoms with Gasteiger partial charge in [0.2, 0.25) is 17.7 Å². The molecular formula is C41H45ClF3N7O4. The summed E-state index contributed by atoms with van der Waals surface area (Å²) >= 11 is 7.15. The minimum absolute atomic E-state index is 0.0307. The van der Waals surface area contributed by atoms with Crippen molar-refractivity contribution in [3.63, 3.8) is 0 Å². The first kappa shape index (κ1) is 39.3. The molecule has 7 rings (SSSR count). The second kappa shape index (κ2) is 17.1. The lowest BCUT2D eigenvalue weighted by atomic mass is 9.83. The van der Waals surface area contributed by atoms with Crippen molar-refractivity contribution in [2.75, 3.05) is 32.6 Å². The van der Waals surface area contributed by atoms with E-state index in [2.05, 4.69) is 36.6 Å². The summed E-state index contributed by atoms with van der Waals surface area (Å²) in [6.45, 7) is 1.72. The number of fused-ring (bicyclic) bond motifs is 1. The molecule has 2 fully saturated rings. The van der Waals surface area contributed by atoms with Crippen LogP contribution in [-0.2, 0) is 35.3 Å². The Labute approximate surface area is 328 Å². The van der Waals surface area contributed by atoms with Gasteiger partial charge in [-0.1, -0.05) is 41.9 Å². The third-order valence-corrected chi connectivity index (χ3v) is 11.1. The summed E-state index contributed by atoms with van der Waals surface area (Å²) in [7, 11) is 3.00. The smallest absolute Gasteiger partial charge is 0.419 e. The molecule has 1 aliphatic carbocycles. The summed E-state index contributed by atoms with van der Waals surface area (Å²) in [6.07, 6.45) is 1.54. The van der Waals surface area contributed by atoms with E-state index >= 15 is 0 Å². The zero-order valence-corrected chi connectivity index (χ0v) is 32.0. The van der Waals surface area contributed by atoms with Gasteiger partial charge in [0, 0.05) is 79.6 Å². The second-order valence-corrected chi connectivity index (χ2v) is 14.8. The number of aromatic nitrogens is 2. The van der Waals surface area contributed by atoms with Crippen molar-refractivity contribution < 1.29 is 32.2 Å². The fourth-order valence-corrected chi connectivity index (χ4v) is 8.22. The molecule has 2 amide bonds. The van der Waals surface area contributed by atoms with Gasteiger partial charge in [-0.05, 0) is 67.0 Å². The number of ether oxygens (including phenoxy) is 2. The predicted molar refractivity (Wildman–Crippen MR) is 208 cm³/mol. The minimum atomic E-state index is -4.68. The molecule has 5 N–H and O–H groups in total. The van der Waals surface area contributed by atoms with Crippen LogP contribution >= 0.6 is 11.6 Å². The largest absolute Gasteiger partial charge is 0.496 e. The number of pyridine rings is 2. The van der Waals surface area contributed by atoms with Crippen molar-refractivity contribution in [2.24, 2.45) is 0 Å². The fourth-order valence-electron chi connectivity index (χ4n) is 7.90. The lowest BCUT2D eigenvalue weighted by Crippen LogP contribution is -2.35. The lowest BCUT2D eigenvalue weighted by molar-refractivity contribution is -0.137. The van der Waals surface area contributed by atoms with Gasteiger partial charge in [-0.15, -0.1) is 0 Å². The van der Waals surface area contributed by atoms with E-state index in [4.69, 9.17) is 21.1 Å². The number of hydrogen-bond acceptors (Lipinski definition) is 9. The summed E-state index contributed by atoms with van der Waals surface area (Å²) in [4.78, 5) is 32.1. The Morgan fingerprint density at radius 2 is 1.57 bits per heavy atom. The Bertz CT molecular complexity index is 2100. The minimum Gasteiger partial charge on any atom is -0.496 e. The molecular weight excluding hydrogens is 747 g/mol. The van der Waals surface area contributed by atoms with E-state index in [-0.39, 0.29) is 47.7 Å². The van der Waals surface area contributed by atoms with E-state index in [0.29, 0.717) is 68.2 Å². The fraction of sp³-hybridized carbons (Fsp3) is 0.415. The molecule has 3 atom stereocenters. The molecule has 0 radical (unpaired) electrons. The van der Waals surface area contributed by atoms with E-state index in [9.17, 15) is 22.8 Å². The van der Waals surface area contributed by atoms with Crippen molar-refractivity contribution in [1.29, 1.82) is 0 Å². The molecule has 2 unspecified atom stereocenters. The van der Waals surface area contributed by atoms with Gasteiger partial charge in [-0.25, -0.2) is 0 Å². The lowest BCUT2D eigenvalue weighted by Gasteiger charge is -2.30. The summed E-state index contributed by atoms with van der Waals surface area (Å²) in [5.41, 5.74) is 5.20. The average molecular weight is 792 g/mol. The maximum absolute atomic E-state index is 14.6. The highest BCUT2D eigenvalue weighted by Crippen LogP contribution is 2.44. The van der Waals surface area contributed by atoms with Crippen LogP contribution in [-0.4, -0.2) is 61.2 Å². The number of rotatable bonds is 14. The summed E-state index contributed by atoms with van der Waals surface area (Å²) in [5, 5.41) is 15.9. The number of methoxy groups -OCH3 is 2. The highest BCUT2D eigenvalue weighted by molar-refractivity contribution is 6.35. The van der Waals surface area contributed by atoms with Gasteiger partial charge in [0.25, 0.3) is 0 Å². The normalized spacial score (nSPS) is 19.4. The van der Waals surface area contributed by atoms with Gasteiger partial charge in [-0.2, -0.15) is 18.2 Å². The second-order valence-electron chi connectivity index (χ2n) is 14.4. The molecule has 2 saturated heterocycles. The number of anilines is 1. The molecule has 0 bridgehead atoms. The Hall–Kier alpha value is -4.92. The maximum atomic E-state index is 14.6. The number of carbonyl (C=O) groups is 2. The number of nitrogens with one attached hydrogen (secondary N) is 5. The van der Waals surface area contributed by atoms with Crippen LogP contribution in [0, 0.1) is 0 Å².